The van der Waals surface area contributed by atoms with E-state index in [4.69, 9.17) is 0 Å². The van der Waals surface area contributed by atoms with Crippen LogP contribution >= 0.6 is 15.9 Å². The monoisotopic (exact) mass is 352 g/mol. The molecule has 1 aliphatic heterocycles. The summed E-state index contributed by atoms with van der Waals surface area (Å²) < 4.78 is 27.8. The molecule has 0 atom stereocenters. The molecular weight excluding hydrogens is 338 g/mol. The summed E-state index contributed by atoms with van der Waals surface area (Å²) in [5, 5.41) is 0. The molecule has 1 aliphatic rings. The van der Waals surface area contributed by atoms with Crippen molar-refractivity contribution in [3.05, 3.63) is 63.6 Å². The summed E-state index contributed by atoms with van der Waals surface area (Å²) in [4.78, 5) is 4.14. The SMILES string of the molecule is CN1CN(Cc2ccc(Br)cc2)Cc2cc(F)c(F)cc21. The lowest BCUT2D eigenvalue weighted by Crippen LogP contribution is -2.39. The van der Waals surface area contributed by atoms with Crippen LogP contribution in [0.15, 0.2) is 40.9 Å². The van der Waals surface area contributed by atoms with Crippen molar-refractivity contribution < 1.29 is 8.78 Å². The van der Waals surface area contributed by atoms with Gasteiger partial charge in [0.15, 0.2) is 11.6 Å². The van der Waals surface area contributed by atoms with E-state index in [0.717, 1.165) is 22.3 Å². The maximum atomic E-state index is 13.4. The minimum absolute atomic E-state index is 0.618. The van der Waals surface area contributed by atoms with Gasteiger partial charge < -0.3 is 4.90 Å². The summed E-state index contributed by atoms with van der Waals surface area (Å²) in [6, 6.07) is 10.7. The van der Waals surface area contributed by atoms with E-state index in [1.54, 1.807) is 0 Å². The summed E-state index contributed by atoms with van der Waals surface area (Å²) >= 11 is 3.42. The molecule has 0 amide bonds. The Morgan fingerprint density at radius 3 is 2.48 bits per heavy atom. The van der Waals surface area contributed by atoms with Crippen LogP contribution in [0.25, 0.3) is 0 Å². The van der Waals surface area contributed by atoms with Crippen molar-refractivity contribution in [2.75, 3.05) is 18.6 Å². The van der Waals surface area contributed by atoms with Gasteiger partial charge in [0.25, 0.3) is 0 Å². The van der Waals surface area contributed by atoms with Gasteiger partial charge in [-0.3, -0.25) is 4.90 Å². The van der Waals surface area contributed by atoms with E-state index in [9.17, 15) is 8.78 Å². The third-order valence-electron chi connectivity index (χ3n) is 3.66. The molecule has 21 heavy (non-hydrogen) atoms. The second kappa shape index (κ2) is 5.73. The zero-order chi connectivity index (χ0) is 15.0. The van der Waals surface area contributed by atoms with Crippen molar-refractivity contribution in [2.24, 2.45) is 0 Å². The fourth-order valence-corrected chi connectivity index (χ4v) is 2.94. The van der Waals surface area contributed by atoms with Crippen molar-refractivity contribution in [1.82, 2.24) is 4.90 Å². The first-order valence-electron chi connectivity index (χ1n) is 6.69. The molecule has 1 heterocycles. The normalized spacial score (nSPS) is 15.1. The molecule has 0 aliphatic carbocycles. The van der Waals surface area contributed by atoms with E-state index in [0.29, 0.717) is 13.2 Å². The number of halogens is 3. The molecule has 5 heteroatoms. The van der Waals surface area contributed by atoms with Crippen molar-refractivity contribution in [3.8, 4) is 0 Å². The highest BCUT2D eigenvalue weighted by Crippen LogP contribution is 2.29. The van der Waals surface area contributed by atoms with Gasteiger partial charge >= 0.3 is 0 Å². The maximum absolute atomic E-state index is 13.4. The fourth-order valence-electron chi connectivity index (χ4n) is 2.68. The average molecular weight is 353 g/mol. The molecule has 2 aromatic carbocycles. The van der Waals surface area contributed by atoms with Gasteiger partial charge in [-0.25, -0.2) is 8.78 Å². The fraction of sp³-hybridized carbons (Fsp3) is 0.250. The Morgan fingerprint density at radius 2 is 1.76 bits per heavy atom. The van der Waals surface area contributed by atoms with E-state index in [2.05, 4.69) is 33.0 Å². The zero-order valence-electron chi connectivity index (χ0n) is 11.6. The first-order valence-corrected chi connectivity index (χ1v) is 7.48. The van der Waals surface area contributed by atoms with Crippen molar-refractivity contribution in [3.63, 3.8) is 0 Å². The third-order valence-corrected chi connectivity index (χ3v) is 4.19. The lowest BCUT2D eigenvalue weighted by Gasteiger charge is -2.36. The quantitative estimate of drug-likeness (QED) is 0.801. The van der Waals surface area contributed by atoms with Gasteiger partial charge in [0.2, 0.25) is 0 Å². The Labute approximate surface area is 131 Å². The van der Waals surface area contributed by atoms with Crippen LogP contribution < -0.4 is 4.90 Å². The number of fused-ring (bicyclic) bond motifs is 1. The predicted octanol–water partition coefficient (Wildman–Crippen LogP) is 4.14. The summed E-state index contributed by atoms with van der Waals surface area (Å²) in [7, 11) is 1.89. The van der Waals surface area contributed by atoms with Gasteiger partial charge in [0.1, 0.15) is 0 Å². The molecule has 0 aromatic heterocycles. The summed E-state index contributed by atoms with van der Waals surface area (Å²) in [6.45, 7) is 2.08. The molecule has 0 spiro atoms. The van der Waals surface area contributed by atoms with Crippen LogP contribution in [0.5, 0.6) is 0 Å². The lowest BCUT2D eigenvalue weighted by molar-refractivity contribution is 0.247. The zero-order valence-corrected chi connectivity index (χ0v) is 13.2. The molecular formula is C16H15BrF2N2. The van der Waals surface area contributed by atoms with Crippen LogP contribution in [-0.4, -0.2) is 18.6 Å². The van der Waals surface area contributed by atoms with Gasteiger partial charge in [-0.1, -0.05) is 28.1 Å². The minimum atomic E-state index is -0.790. The molecule has 0 fully saturated rings. The molecule has 3 rings (SSSR count). The minimum Gasteiger partial charge on any atom is -0.361 e. The first-order chi connectivity index (χ1) is 10.0. The van der Waals surface area contributed by atoms with Crippen LogP contribution in [0.4, 0.5) is 14.5 Å². The molecule has 0 saturated carbocycles. The molecule has 0 saturated heterocycles. The maximum Gasteiger partial charge on any atom is 0.160 e. The first kappa shape index (κ1) is 14.5. The number of hydrogen-bond acceptors (Lipinski definition) is 2. The predicted molar refractivity (Wildman–Crippen MR) is 83.0 cm³/mol. The molecule has 0 radical (unpaired) electrons. The van der Waals surface area contributed by atoms with Crippen molar-refractivity contribution >= 4 is 21.6 Å². The van der Waals surface area contributed by atoms with E-state index >= 15 is 0 Å². The smallest absolute Gasteiger partial charge is 0.160 e. The van der Waals surface area contributed by atoms with Crippen LogP contribution in [-0.2, 0) is 13.1 Å². The van der Waals surface area contributed by atoms with Gasteiger partial charge in [-0.15, -0.1) is 0 Å². The van der Waals surface area contributed by atoms with Crippen LogP contribution in [0, 0.1) is 11.6 Å². The van der Waals surface area contributed by atoms with Gasteiger partial charge in [-0.2, -0.15) is 0 Å². The topological polar surface area (TPSA) is 6.48 Å². The summed E-state index contributed by atoms with van der Waals surface area (Å²) in [5.74, 6) is -1.57. The highest BCUT2D eigenvalue weighted by molar-refractivity contribution is 9.10. The Bertz CT molecular complexity index is 658. The Hall–Kier alpha value is -1.46. The van der Waals surface area contributed by atoms with Crippen LogP contribution in [0.1, 0.15) is 11.1 Å². The molecule has 2 nitrogen and oxygen atoms in total. The Kier molecular flexibility index (Phi) is 3.95. The van der Waals surface area contributed by atoms with Gasteiger partial charge in [0, 0.05) is 36.4 Å². The van der Waals surface area contributed by atoms with E-state index < -0.39 is 11.6 Å². The summed E-state index contributed by atoms with van der Waals surface area (Å²) in [6.07, 6.45) is 0. The highest BCUT2D eigenvalue weighted by Gasteiger charge is 2.22. The Balaban J connectivity index is 1.81. The molecule has 110 valence electrons. The van der Waals surface area contributed by atoms with Crippen molar-refractivity contribution in [2.45, 2.75) is 13.1 Å². The number of anilines is 1. The number of benzene rings is 2. The average Bonchev–Trinajstić information content (AvgIpc) is 2.44. The molecule has 0 N–H and O–H groups in total. The third kappa shape index (κ3) is 3.09. The Morgan fingerprint density at radius 1 is 1.10 bits per heavy atom. The van der Waals surface area contributed by atoms with Crippen LogP contribution in [0.2, 0.25) is 0 Å². The second-order valence-electron chi connectivity index (χ2n) is 5.35. The molecule has 2 aromatic rings. The lowest BCUT2D eigenvalue weighted by atomic mass is 10.1. The van der Waals surface area contributed by atoms with E-state index in [-0.39, 0.29) is 0 Å². The number of hydrogen-bond donors (Lipinski definition) is 0. The molecule has 0 bridgehead atoms. The van der Waals surface area contributed by atoms with Crippen LogP contribution in [0.3, 0.4) is 0 Å². The number of rotatable bonds is 2. The summed E-state index contributed by atoms with van der Waals surface area (Å²) in [5.41, 5.74) is 2.78. The van der Waals surface area contributed by atoms with Gasteiger partial charge in [0.05, 0.1) is 6.67 Å². The van der Waals surface area contributed by atoms with E-state index in [1.165, 1.54) is 17.7 Å². The van der Waals surface area contributed by atoms with Gasteiger partial charge in [-0.05, 0) is 29.3 Å². The standard InChI is InChI=1S/C16H15BrF2N2/c1-20-10-21(8-11-2-4-13(17)5-3-11)9-12-6-14(18)15(19)7-16(12)20/h2-7H,8-10H2,1H3. The highest BCUT2D eigenvalue weighted by atomic mass is 79.9. The van der Waals surface area contributed by atoms with Crippen molar-refractivity contribution in [1.29, 1.82) is 0 Å². The molecule has 0 unspecified atom stereocenters. The number of nitrogens with zero attached hydrogens (tertiary/aromatic N) is 2. The largest absolute Gasteiger partial charge is 0.361 e. The second-order valence-corrected chi connectivity index (χ2v) is 6.26. The van der Waals surface area contributed by atoms with E-state index in [1.807, 2.05) is 24.1 Å².